The molecule has 13 heteroatoms. The van der Waals surface area contributed by atoms with Crippen LogP contribution in [-0.4, -0.2) is 158 Å². The molecule has 0 rings (SSSR count). The van der Waals surface area contributed by atoms with Crippen LogP contribution in [0.25, 0.3) is 0 Å². The molecule has 0 saturated carbocycles. The van der Waals surface area contributed by atoms with E-state index in [9.17, 15) is 0 Å². The third-order valence-corrected chi connectivity index (χ3v) is 1.77. The van der Waals surface area contributed by atoms with Gasteiger partial charge in [0.1, 0.15) is 0 Å². The average Bonchev–Trinajstić information content (AvgIpc) is 2.37. The van der Waals surface area contributed by atoms with Gasteiger partial charge in [-0.05, 0) is 0 Å². The van der Waals surface area contributed by atoms with Crippen LogP contribution in [0.15, 0.2) is 0 Å². The summed E-state index contributed by atoms with van der Waals surface area (Å²) in [5, 5.41) is 9.71. The third kappa shape index (κ3) is 66.6. The number of hydrogen-bond acceptors (Lipinski definition) is 7. The Balaban J connectivity index is -0.0000000339. The predicted molar refractivity (Wildman–Crippen MR) is 104 cm³/mol. The maximum Gasteiger partial charge on any atom is 5.00 e. The molecule has 11 N–H and O–H groups in total. The summed E-state index contributed by atoms with van der Waals surface area (Å²) >= 11 is 0. The molecule has 0 heterocycles. The topological polar surface area (TPSA) is 140 Å². The Hall–Kier alpha value is 3.98. The quantitative estimate of drug-likeness (QED) is 0.0817. The van der Waals surface area contributed by atoms with Crippen molar-refractivity contribution in [3.8, 4) is 0 Å². The van der Waals surface area contributed by atoms with Crippen molar-refractivity contribution >= 4 is 92.7 Å². The van der Waals surface area contributed by atoms with Gasteiger partial charge in [-0.3, -0.25) is 0 Å². The molecule has 0 aliphatic carbocycles. The minimum atomic E-state index is 0. The van der Waals surface area contributed by atoms with Gasteiger partial charge >= 0.3 is 65.7 Å². The van der Waals surface area contributed by atoms with Crippen LogP contribution in [0.2, 0.25) is 0 Å². The molecule has 0 saturated heterocycles. The first kappa shape index (κ1) is 50.6. The number of nitrogens with one attached hydrogen (secondary N) is 3. The number of rotatable bonds is 11. The van der Waals surface area contributed by atoms with Crippen molar-refractivity contribution in [2.75, 3.05) is 65.4 Å². The van der Waals surface area contributed by atoms with E-state index in [2.05, 4.69) is 16.0 Å². The van der Waals surface area contributed by atoms with E-state index in [1.165, 1.54) is 0 Å². The Kier molecular flexibility index (Phi) is 124. The van der Waals surface area contributed by atoms with Crippen molar-refractivity contribution in [2.45, 2.75) is 0 Å². The van der Waals surface area contributed by atoms with Crippen molar-refractivity contribution in [2.24, 2.45) is 22.9 Å². The van der Waals surface area contributed by atoms with Gasteiger partial charge in [-0.2, -0.15) is 0 Å². The minimum absolute atomic E-state index is 0. The van der Waals surface area contributed by atoms with E-state index in [1.807, 2.05) is 0 Å². The van der Waals surface area contributed by atoms with Crippen LogP contribution in [0.4, 0.5) is 0 Å². The monoisotopic (exact) mass is 831 g/mol. The van der Waals surface area contributed by atoms with Gasteiger partial charge in [-0.25, -0.2) is 0 Å². The minimum Gasteiger partial charge on any atom is -2.00 e. The Morgan fingerprint density at radius 1 is 0.435 bits per heavy atom. The number of hydrogen-bond donors (Lipinski definition) is 7. The van der Waals surface area contributed by atoms with Gasteiger partial charge in [0.25, 0.3) is 0 Å². The molecule has 0 aromatic heterocycles. The molecular weight excluding hydrogens is 797 g/mol. The summed E-state index contributed by atoms with van der Waals surface area (Å²) in [6.45, 7) is 8.34. The molecule has 0 fully saturated rings. The smallest absolute Gasteiger partial charge is 2.00 e. The van der Waals surface area contributed by atoms with Crippen molar-refractivity contribution in [3.05, 3.63) is 0 Å². The van der Waals surface area contributed by atoms with E-state index in [0.29, 0.717) is 26.2 Å². The van der Waals surface area contributed by atoms with Crippen LogP contribution in [0.5, 0.6) is 0 Å². The molecule has 7 nitrogen and oxygen atoms in total. The fourth-order valence-electron chi connectivity index (χ4n) is 0.933. The second-order valence-electron chi connectivity index (χ2n) is 3.40. The van der Waals surface area contributed by atoms with Crippen LogP contribution < -0.4 is 38.9 Å². The standard InChI is InChI=1S/C8H23N5.C2H8N2.Pr.Sb.4Se/c9-1-3-11-5-7-13-8-6-12-4-2-10;3-1-2-4;;;;;;/h11-13H,1-10H2;1-4H2;;;;;;/q;;+3;+5;4*-2. The van der Waals surface area contributed by atoms with Gasteiger partial charge in [0.05, 0.1) is 0 Å². The fraction of sp³-hybridized carbons (Fsp3) is 1.00. The maximum atomic E-state index is 5.32. The molecule has 0 bridgehead atoms. The molecule has 0 aliphatic heterocycles. The van der Waals surface area contributed by atoms with Gasteiger partial charge < -0.3 is 107 Å². The van der Waals surface area contributed by atoms with Gasteiger partial charge in [0.2, 0.25) is 0 Å². The van der Waals surface area contributed by atoms with E-state index in [4.69, 9.17) is 22.9 Å². The second-order valence-corrected chi connectivity index (χ2v) is 3.40. The summed E-state index contributed by atoms with van der Waals surface area (Å²) in [5.41, 5.74) is 20.4. The maximum absolute atomic E-state index is 5.32. The van der Waals surface area contributed by atoms with Crippen molar-refractivity contribution in [1.29, 1.82) is 0 Å². The van der Waals surface area contributed by atoms with Crippen LogP contribution in [-0.2, 0) is 0 Å². The zero-order chi connectivity index (χ0) is 13.2. The van der Waals surface area contributed by atoms with Gasteiger partial charge in [0.15, 0.2) is 0 Å². The normalized spacial score (nSPS) is 7.30. The molecular formula is C10H31N7PrSbSe4. The van der Waals surface area contributed by atoms with E-state index < -0.39 is 0 Å². The van der Waals surface area contributed by atoms with E-state index >= 15 is 0 Å². The van der Waals surface area contributed by atoms with Crippen LogP contribution in [0.3, 0.4) is 0 Å². The summed E-state index contributed by atoms with van der Waals surface area (Å²) in [6.07, 6.45) is 0. The zero-order valence-corrected chi connectivity index (χ0v) is 26.6. The molecule has 0 aromatic carbocycles. The Morgan fingerprint density at radius 2 is 0.652 bits per heavy atom. The molecule has 0 radical (unpaired) electrons. The Morgan fingerprint density at radius 3 is 0.826 bits per heavy atom. The molecule has 138 valence electrons. The van der Waals surface area contributed by atoms with E-state index in [-0.39, 0.29) is 134 Å². The summed E-state index contributed by atoms with van der Waals surface area (Å²) in [6, 6.07) is 0. The summed E-state index contributed by atoms with van der Waals surface area (Å²) in [4.78, 5) is 0. The molecule has 0 aromatic rings. The molecule has 0 spiro atoms. The van der Waals surface area contributed by atoms with Gasteiger partial charge in [-0.1, -0.05) is 0 Å². The number of nitrogens with two attached hydrogens (primary N) is 4. The van der Waals surface area contributed by atoms with E-state index in [1.54, 1.807) is 0 Å². The first-order chi connectivity index (χ1) is 8.33. The SMILES string of the molecule is NCCN.NCCNCCNCCNCCN.[Pr+3].[Sb+5].[Se-2].[Se-2].[Se-2].[Se-2]. The third-order valence-electron chi connectivity index (χ3n) is 1.77. The van der Waals surface area contributed by atoms with Gasteiger partial charge in [-0.15, -0.1) is 0 Å². The molecule has 0 amide bonds. The predicted octanol–water partition coefficient (Wildman–Crippen LogP) is -5.33. The van der Waals surface area contributed by atoms with Crippen LogP contribution >= 0.6 is 0 Å². The summed E-state index contributed by atoms with van der Waals surface area (Å²) < 4.78 is 0. The van der Waals surface area contributed by atoms with Crippen LogP contribution in [0.1, 0.15) is 0 Å². The largest absolute Gasteiger partial charge is 5.00 e. The van der Waals surface area contributed by atoms with Crippen molar-refractivity contribution < 1.29 is 41.3 Å². The zero-order valence-electron chi connectivity index (χ0n) is 13.5. The van der Waals surface area contributed by atoms with Gasteiger partial charge in [0, 0.05) is 65.4 Å². The Labute approximate surface area is 234 Å². The average molecular weight is 828 g/mol. The summed E-state index contributed by atoms with van der Waals surface area (Å²) in [5.74, 6) is 0. The summed E-state index contributed by atoms with van der Waals surface area (Å²) in [7, 11) is 0. The van der Waals surface area contributed by atoms with E-state index in [0.717, 1.165) is 39.3 Å². The molecule has 0 aliphatic rings. The first-order valence-electron chi connectivity index (χ1n) is 6.25. The van der Waals surface area contributed by atoms with Crippen molar-refractivity contribution in [1.82, 2.24) is 16.0 Å². The molecule has 0 atom stereocenters. The Bertz CT molecular complexity index is 127. The second kappa shape index (κ2) is 56.2. The van der Waals surface area contributed by atoms with Crippen LogP contribution in [0, 0.1) is 41.3 Å². The van der Waals surface area contributed by atoms with Crippen molar-refractivity contribution in [3.63, 3.8) is 0 Å². The fourth-order valence-corrected chi connectivity index (χ4v) is 0.933. The first-order valence-corrected chi connectivity index (χ1v) is 6.25. The molecule has 0 unspecified atom stereocenters. The molecule has 23 heavy (non-hydrogen) atoms.